The first kappa shape index (κ1) is 14.1. The minimum absolute atomic E-state index is 0.767. The number of benzene rings is 1. The van der Waals surface area contributed by atoms with E-state index < -0.39 is 0 Å². The lowest BCUT2D eigenvalue weighted by atomic mass is 10.1. The molecule has 3 nitrogen and oxygen atoms in total. The van der Waals surface area contributed by atoms with Gasteiger partial charge in [0.2, 0.25) is 0 Å². The van der Waals surface area contributed by atoms with Crippen molar-refractivity contribution in [2.24, 2.45) is 0 Å². The van der Waals surface area contributed by atoms with E-state index in [1.54, 1.807) is 0 Å². The first-order valence-electron chi connectivity index (χ1n) is 7.81. The Hall–Kier alpha value is -1.87. The van der Waals surface area contributed by atoms with Crippen molar-refractivity contribution >= 4 is 5.69 Å². The third kappa shape index (κ3) is 4.05. The first-order chi connectivity index (χ1) is 10.3. The highest BCUT2D eigenvalue weighted by atomic mass is 15.1. The molecule has 1 aromatic heterocycles. The van der Waals surface area contributed by atoms with Crippen LogP contribution < -0.4 is 10.2 Å². The van der Waals surface area contributed by atoms with E-state index in [0.717, 1.165) is 25.7 Å². The Labute approximate surface area is 127 Å². The van der Waals surface area contributed by atoms with E-state index in [2.05, 4.69) is 58.5 Å². The molecule has 1 heterocycles. The molecule has 0 unspecified atom stereocenters. The minimum atomic E-state index is 0.767. The third-order valence-corrected chi connectivity index (χ3v) is 3.98. The maximum Gasteiger partial charge on any atom is 0.0430 e. The lowest BCUT2D eigenvalue weighted by Gasteiger charge is -2.23. The topological polar surface area (TPSA) is 28.2 Å². The van der Waals surface area contributed by atoms with Crippen molar-refractivity contribution in [2.45, 2.75) is 38.9 Å². The number of pyridine rings is 1. The highest BCUT2D eigenvalue weighted by molar-refractivity contribution is 5.48. The van der Waals surface area contributed by atoms with Crippen LogP contribution in [-0.2, 0) is 13.1 Å². The van der Waals surface area contributed by atoms with Gasteiger partial charge in [0.15, 0.2) is 0 Å². The number of anilines is 1. The summed E-state index contributed by atoms with van der Waals surface area (Å²) < 4.78 is 0. The summed E-state index contributed by atoms with van der Waals surface area (Å²) >= 11 is 0. The van der Waals surface area contributed by atoms with Crippen molar-refractivity contribution in [3.63, 3.8) is 0 Å². The van der Waals surface area contributed by atoms with Crippen molar-refractivity contribution < 1.29 is 0 Å². The van der Waals surface area contributed by atoms with Crippen LogP contribution in [0.2, 0.25) is 0 Å². The Morgan fingerprint density at radius 2 is 1.76 bits per heavy atom. The largest absolute Gasteiger partial charge is 0.367 e. The average Bonchev–Trinajstić information content (AvgIpc) is 3.37. The number of rotatable bonds is 7. The third-order valence-electron chi connectivity index (χ3n) is 3.98. The summed E-state index contributed by atoms with van der Waals surface area (Å²) in [7, 11) is 0. The maximum absolute atomic E-state index is 4.08. The summed E-state index contributed by atoms with van der Waals surface area (Å²) in [5.41, 5.74) is 3.95. The molecule has 1 saturated carbocycles. The molecule has 1 aromatic carbocycles. The maximum atomic E-state index is 4.08. The molecular weight excluding hydrogens is 258 g/mol. The molecule has 1 N–H and O–H groups in total. The van der Waals surface area contributed by atoms with Crippen molar-refractivity contribution in [3.8, 4) is 0 Å². The lowest BCUT2D eigenvalue weighted by molar-refractivity contribution is 0.687. The Kier molecular flexibility index (Phi) is 4.51. The zero-order valence-electron chi connectivity index (χ0n) is 12.6. The summed E-state index contributed by atoms with van der Waals surface area (Å²) in [6.45, 7) is 5.12. The molecule has 1 fully saturated rings. The smallest absolute Gasteiger partial charge is 0.0430 e. The van der Waals surface area contributed by atoms with Gasteiger partial charge in [-0.1, -0.05) is 12.1 Å². The van der Waals surface area contributed by atoms with Crippen molar-refractivity contribution in [1.29, 1.82) is 0 Å². The van der Waals surface area contributed by atoms with Gasteiger partial charge >= 0.3 is 0 Å². The number of nitrogens with one attached hydrogen (secondary N) is 1. The predicted molar refractivity (Wildman–Crippen MR) is 87.3 cm³/mol. The molecule has 0 spiro atoms. The molecule has 3 heteroatoms. The highest BCUT2D eigenvalue weighted by Crippen LogP contribution is 2.21. The molecule has 0 atom stereocenters. The molecule has 1 aliphatic carbocycles. The van der Waals surface area contributed by atoms with Gasteiger partial charge in [-0.2, -0.15) is 0 Å². The van der Waals surface area contributed by atoms with Gasteiger partial charge in [0.1, 0.15) is 0 Å². The van der Waals surface area contributed by atoms with E-state index in [1.807, 2.05) is 12.4 Å². The second kappa shape index (κ2) is 6.72. The average molecular weight is 281 g/mol. The van der Waals surface area contributed by atoms with Gasteiger partial charge < -0.3 is 10.2 Å². The molecule has 0 bridgehead atoms. The van der Waals surface area contributed by atoms with Gasteiger partial charge in [-0.3, -0.25) is 4.98 Å². The summed E-state index contributed by atoms with van der Waals surface area (Å²) in [5, 5.41) is 3.55. The normalized spacial score (nSPS) is 14.1. The van der Waals surface area contributed by atoms with Gasteiger partial charge in [-0.05, 0) is 55.2 Å². The van der Waals surface area contributed by atoms with Crippen LogP contribution in [0.3, 0.4) is 0 Å². The number of hydrogen-bond donors (Lipinski definition) is 1. The molecule has 21 heavy (non-hydrogen) atoms. The van der Waals surface area contributed by atoms with Gasteiger partial charge in [-0.15, -0.1) is 0 Å². The van der Waals surface area contributed by atoms with E-state index in [9.17, 15) is 0 Å². The van der Waals surface area contributed by atoms with E-state index in [0.29, 0.717) is 0 Å². The fourth-order valence-corrected chi connectivity index (χ4v) is 2.47. The summed E-state index contributed by atoms with van der Waals surface area (Å²) in [6, 6.07) is 13.9. The summed E-state index contributed by atoms with van der Waals surface area (Å²) in [6.07, 6.45) is 6.40. The second-order valence-electron chi connectivity index (χ2n) is 5.69. The second-order valence-corrected chi connectivity index (χ2v) is 5.69. The summed E-state index contributed by atoms with van der Waals surface area (Å²) in [4.78, 5) is 6.46. The van der Waals surface area contributed by atoms with E-state index >= 15 is 0 Å². The van der Waals surface area contributed by atoms with Gasteiger partial charge in [0, 0.05) is 43.8 Å². The Balaban J connectivity index is 1.62. The molecule has 0 aliphatic heterocycles. The quantitative estimate of drug-likeness (QED) is 0.843. The van der Waals surface area contributed by atoms with Crippen molar-refractivity contribution in [2.75, 3.05) is 11.4 Å². The molecule has 3 rings (SSSR count). The lowest BCUT2D eigenvalue weighted by Crippen LogP contribution is -2.22. The zero-order valence-corrected chi connectivity index (χ0v) is 12.6. The van der Waals surface area contributed by atoms with E-state index in [-0.39, 0.29) is 0 Å². The zero-order chi connectivity index (χ0) is 14.5. The number of hydrogen-bond acceptors (Lipinski definition) is 3. The van der Waals surface area contributed by atoms with E-state index in [1.165, 1.54) is 29.7 Å². The Bertz CT molecular complexity index is 546. The fraction of sp³-hybridized carbons (Fsp3) is 0.389. The van der Waals surface area contributed by atoms with E-state index in [4.69, 9.17) is 0 Å². The van der Waals surface area contributed by atoms with Crippen LogP contribution in [0.5, 0.6) is 0 Å². The van der Waals surface area contributed by atoms with Crippen LogP contribution in [0.4, 0.5) is 5.69 Å². The molecular formula is C18H23N3. The Morgan fingerprint density at radius 3 is 2.38 bits per heavy atom. The molecule has 0 radical (unpaired) electrons. The van der Waals surface area contributed by atoms with Crippen LogP contribution >= 0.6 is 0 Å². The van der Waals surface area contributed by atoms with Gasteiger partial charge in [0.25, 0.3) is 0 Å². The van der Waals surface area contributed by atoms with Gasteiger partial charge in [-0.25, -0.2) is 0 Å². The first-order valence-corrected chi connectivity index (χ1v) is 7.81. The molecule has 1 aliphatic rings. The van der Waals surface area contributed by atoms with Crippen molar-refractivity contribution in [1.82, 2.24) is 10.3 Å². The van der Waals surface area contributed by atoms with Gasteiger partial charge in [0.05, 0.1) is 0 Å². The number of nitrogens with zero attached hydrogens (tertiary/aromatic N) is 2. The molecule has 2 aromatic rings. The fourth-order valence-electron chi connectivity index (χ4n) is 2.47. The van der Waals surface area contributed by atoms with Crippen molar-refractivity contribution in [3.05, 3.63) is 59.9 Å². The minimum Gasteiger partial charge on any atom is -0.367 e. The number of aromatic nitrogens is 1. The van der Waals surface area contributed by atoms with Crippen LogP contribution in [-0.4, -0.2) is 17.6 Å². The van der Waals surface area contributed by atoms with Crippen LogP contribution in [0.1, 0.15) is 30.9 Å². The standard InChI is InChI=1S/C18H23N3/c1-2-21(14-16-9-11-19-12-10-16)18-7-3-15(4-8-18)13-20-17-5-6-17/h3-4,7-12,17,20H,2,5-6,13-14H2,1H3. The van der Waals surface area contributed by atoms with Crippen LogP contribution in [0.25, 0.3) is 0 Å². The predicted octanol–water partition coefficient (Wildman–Crippen LogP) is 3.36. The molecule has 110 valence electrons. The monoisotopic (exact) mass is 281 g/mol. The molecule has 0 amide bonds. The molecule has 0 saturated heterocycles. The highest BCUT2D eigenvalue weighted by Gasteiger charge is 2.19. The summed E-state index contributed by atoms with van der Waals surface area (Å²) in [5.74, 6) is 0. The Morgan fingerprint density at radius 1 is 1.05 bits per heavy atom. The SMILES string of the molecule is CCN(Cc1ccncc1)c1ccc(CNC2CC2)cc1. The van der Waals surface area contributed by atoms with Crippen LogP contribution in [0.15, 0.2) is 48.8 Å². The van der Waals surface area contributed by atoms with Crippen LogP contribution in [0, 0.1) is 0 Å².